The van der Waals surface area contributed by atoms with Crippen LogP contribution in [0.3, 0.4) is 0 Å². The molecule has 4 aromatic rings. The van der Waals surface area contributed by atoms with Crippen LogP contribution in [0.4, 0.5) is 4.39 Å². The Morgan fingerprint density at radius 2 is 1.73 bits per heavy atom. The van der Waals surface area contributed by atoms with Gasteiger partial charge < -0.3 is 5.32 Å². The fraction of sp³-hybridized carbons (Fsp3) is 0.240. The van der Waals surface area contributed by atoms with Gasteiger partial charge in [-0.25, -0.2) is 4.39 Å². The van der Waals surface area contributed by atoms with E-state index in [4.69, 9.17) is 0 Å². The maximum absolute atomic E-state index is 13.0. The molecule has 2 aromatic carbocycles. The summed E-state index contributed by atoms with van der Waals surface area (Å²) in [4.78, 5) is 17.4. The SMILES string of the molecule is Cc1ccc(CN(CCc2ccccc2)Cc2nnc(C(=O)NCc3ccc(F)cc3)s2)s1. The molecule has 1 amide bonds. The minimum absolute atomic E-state index is 0.271. The van der Waals surface area contributed by atoms with Crippen LogP contribution >= 0.6 is 22.7 Å². The number of hydrogen-bond donors (Lipinski definition) is 1. The number of nitrogens with one attached hydrogen (secondary N) is 1. The van der Waals surface area contributed by atoms with Gasteiger partial charge in [0.05, 0.1) is 6.54 Å². The smallest absolute Gasteiger partial charge is 0.282 e. The van der Waals surface area contributed by atoms with E-state index in [1.165, 1.54) is 38.8 Å². The summed E-state index contributed by atoms with van der Waals surface area (Å²) in [5, 5.41) is 12.3. The molecule has 0 unspecified atom stereocenters. The van der Waals surface area contributed by atoms with E-state index >= 15 is 0 Å². The van der Waals surface area contributed by atoms with Crippen LogP contribution < -0.4 is 5.32 Å². The fourth-order valence-electron chi connectivity index (χ4n) is 3.40. The first-order valence-electron chi connectivity index (χ1n) is 10.7. The van der Waals surface area contributed by atoms with Crippen molar-refractivity contribution in [3.8, 4) is 0 Å². The Hall–Kier alpha value is -2.94. The van der Waals surface area contributed by atoms with Crippen molar-refractivity contribution in [2.24, 2.45) is 0 Å². The Balaban J connectivity index is 1.37. The molecule has 0 spiro atoms. The number of nitrogens with zero attached hydrogens (tertiary/aromatic N) is 3. The third kappa shape index (κ3) is 7.02. The second kappa shape index (κ2) is 11.3. The maximum atomic E-state index is 13.0. The highest BCUT2D eigenvalue weighted by molar-refractivity contribution is 7.13. The third-order valence-corrected chi connectivity index (χ3v) is 7.01. The van der Waals surface area contributed by atoms with Gasteiger partial charge in [-0.05, 0) is 48.7 Å². The predicted octanol–water partition coefficient (Wildman–Crippen LogP) is 5.22. The molecule has 0 saturated carbocycles. The van der Waals surface area contributed by atoms with E-state index in [-0.39, 0.29) is 11.7 Å². The molecule has 33 heavy (non-hydrogen) atoms. The second-order valence-corrected chi connectivity index (χ2v) is 10.2. The van der Waals surface area contributed by atoms with Crippen LogP contribution in [-0.4, -0.2) is 27.5 Å². The third-order valence-electron chi connectivity index (χ3n) is 5.12. The highest BCUT2D eigenvalue weighted by atomic mass is 32.1. The summed E-state index contributed by atoms with van der Waals surface area (Å²) in [5.74, 6) is -0.568. The molecule has 0 bridgehead atoms. The lowest BCUT2D eigenvalue weighted by molar-refractivity contribution is 0.0950. The van der Waals surface area contributed by atoms with E-state index in [1.54, 1.807) is 23.5 Å². The first kappa shape index (κ1) is 23.2. The van der Waals surface area contributed by atoms with Crippen molar-refractivity contribution in [1.82, 2.24) is 20.4 Å². The van der Waals surface area contributed by atoms with Gasteiger partial charge in [-0.1, -0.05) is 53.8 Å². The van der Waals surface area contributed by atoms with Crippen LogP contribution in [0.2, 0.25) is 0 Å². The normalized spacial score (nSPS) is 11.1. The molecule has 2 heterocycles. The van der Waals surface area contributed by atoms with Crippen molar-refractivity contribution in [1.29, 1.82) is 0 Å². The molecule has 0 aliphatic carbocycles. The average Bonchev–Trinajstić information content (AvgIpc) is 3.46. The number of aryl methyl sites for hydroxylation is 1. The van der Waals surface area contributed by atoms with Gasteiger partial charge in [-0.3, -0.25) is 9.69 Å². The lowest BCUT2D eigenvalue weighted by Crippen LogP contribution is -2.25. The summed E-state index contributed by atoms with van der Waals surface area (Å²) in [6.07, 6.45) is 0.939. The van der Waals surface area contributed by atoms with Crippen molar-refractivity contribution < 1.29 is 9.18 Å². The number of amides is 1. The molecule has 4 rings (SSSR count). The van der Waals surface area contributed by atoms with Crippen LogP contribution in [-0.2, 0) is 26.1 Å². The van der Waals surface area contributed by atoms with Gasteiger partial charge in [-0.15, -0.1) is 21.5 Å². The standard InChI is InChI=1S/C25H25FN4OS2/c1-18-7-12-22(32-18)16-30(14-13-19-5-3-2-4-6-19)17-23-28-29-25(33-23)24(31)27-15-20-8-10-21(26)11-9-20/h2-12H,13-17H2,1H3,(H,27,31). The first-order chi connectivity index (χ1) is 16.0. The van der Waals surface area contributed by atoms with E-state index in [9.17, 15) is 9.18 Å². The van der Waals surface area contributed by atoms with E-state index < -0.39 is 0 Å². The average molecular weight is 481 g/mol. The molecule has 5 nitrogen and oxygen atoms in total. The van der Waals surface area contributed by atoms with E-state index in [0.29, 0.717) is 18.1 Å². The van der Waals surface area contributed by atoms with Gasteiger partial charge in [0.25, 0.3) is 5.91 Å². The van der Waals surface area contributed by atoms with E-state index in [0.717, 1.165) is 30.1 Å². The first-order valence-corrected chi connectivity index (χ1v) is 12.3. The molecule has 0 fully saturated rings. The molecular formula is C25H25FN4OS2. The number of thiophene rings is 1. The minimum Gasteiger partial charge on any atom is -0.346 e. The second-order valence-electron chi connectivity index (χ2n) is 7.77. The monoisotopic (exact) mass is 480 g/mol. The van der Waals surface area contributed by atoms with Gasteiger partial charge in [0.15, 0.2) is 0 Å². The fourth-order valence-corrected chi connectivity index (χ4v) is 5.13. The summed E-state index contributed by atoms with van der Waals surface area (Å²) >= 11 is 3.11. The van der Waals surface area contributed by atoms with Gasteiger partial charge in [0.1, 0.15) is 10.8 Å². The topological polar surface area (TPSA) is 58.1 Å². The Morgan fingerprint density at radius 1 is 0.939 bits per heavy atom. The number of halogens is 1. The minimum atomic E-state index is -0.298. The number of rotatable bonds is 10. The van der Waals surface area contributed by atoms with Crippen LogP contribution in [0, 0.1) is 12.7 Å². The van der Waals surface area contributed by atoms with Gasteiger partial charge in [0, 0.05) is 29.4 Å². The number of carbonyl (C=O) groups excluding carboxylic acids is 1. The molecule has 0 radical (unpaired) electrons. The summed E-state index contributed by atoms with van der Waals surface area (Å²) < 4.78 is 13.0. The van der Waals surface area contributed by atoms with Gasteiger partial charge in [0.2, 0.25) is 5.01 Å². The summed E-state index contributed by atoms with van der Waals surface area (Å²) in [5.41, 5.74) is 2.12. The van der Waals surface area contributed by atoms with Crippen molar-refractivity contribution in [3.63, 3.8) is 0 Å². The van der Waals surface area contributed by atoms with Crippen LogP contribution in [0.5, 0.6) is 0 Å². The number of carbonyl (C=O) groups is 1. The molecule has 170 valence electrons. The van der Waals surface area contributed by atoms with Crippen molar-refractivity contribution in [2.45, 2.75) is 33.0 Å². The Kier molecular flexibility index (Phi) is 7.93. The highest BCUT2D eigenvalue weighted by Crippen LogP contribution is 2.20. The van der Waals surface area contributed by atoms with Crippen molar-refractivity contribution in [3.05, 3.63) is 103 Å². The predicted molar refractivity (Wildman–Crippen MR) is 131 cm³/mol. The molecule has 8 heteroatoms. The molecule has 0 saturated heterocycles. The van der Waals surface area contributed by atoms with Gasteiger partial charge >= 0.3 is 0 Å². The Morgan fingerprint density at radius 3 is 2.45 bits per heavy atom. The molecule has 0 atom stereocenters. The number of hydrogen-bond acceptors (Lipinski definition) is 6. The van der Waals surface area contributed by atoms with E-state index in [1.807, 2.05) is 6.07 Å². The largest absolute Gasteiger partial charge is 0.346 e. The van der Waals surface area contributed by atoms with E-state index in [2.05, 4.69) is 63.7 Å². The summed E-state index contributed by atoms with van der Waals surface area (Å²) in [6, 6.07) is 20.8. The van der Waals surface area contributed by atoms with Crippen LogP contribution in [0.25, 0.3) is 0 Å². The Bertz CT molecular complexity index is 1170. The van der Waals surface area contributed by atoms with Crippen LogP contribution in [0.15, 0.2) is 66.7 Å². The Labute approximate surface area is 200 Å². The quantitative estimate of drug-likeness (QED) is 0.338. The zero-order valence-electron chi connectivity index (χ0n) is 18.3. The lowest BCUT2D eigenvalue weighted by Gasteiger charge is -2.20. The number of aromatic nitrogens is 2. The van der Waals surface area contributed by atoms with Crippen molar-refractivity contribution in [2.75, 3.05) is 6.54 Å². The lowest BCUT2D eigenvalue weighted by atomic mass is 10.1. The zero-order chi connectivity index (χ0) is 23.0. The maximum Gasteiger partial charge on any atom is 0.282 e. The molecule has 1 N–H and O–H groups in total. The summed E-state index contributed by atoms with van der Waals surface area (Å²) in [7, 11) is 0. The number of benzene rings is 2. The van der Waals surface area contributed by atoms with Gasteiger partial charge in [-0.2, -0.15) is 0 Å². The summed E-state index contributed by atoms with van der Waals surface area (Å²) in [6.45, 7) is 4.77. The molecule has 0 aliphatic heterocycles. The molecular weight excluding hydrogens is 455 g/mol. The van der Waals surface area contributed by atoms with Crippen molar-refractivity contribution >= 4 is 28.6 Å². The zero-order valence-corrected chi connectivity index (χ0v) is 20.0. The molecule has 0 aliphatic rings. The highest BCUT2D eigenvalue weighted by Gasteiger charge is 2.16. The van der Waals surface area contributed by atoms with Crippen LogP contribution in [0.1, 0.15) is 35.7 Å². The molecule has 2 aromatic heterocycles.